The Hall–Kier alpha value is -8.66. The highest BCUT2D eigenvalue weighted by atomic mass is 16.3. The Morgan fingerprint density at radius 1 is 0.406 bits per heavy atom. The van der Waals surface area contributed by atoms with Crippen molar-refractivity contribution in [2.75, 3.05) is 0 Å². The number of nitrogens with zero attached hydrogens (tertiary/aromatic N) is 2. The van der Waals surface area contributed by atoms with Crippen LogP contribution in [-0.4, -0.2) is 9.13 Å². The molecule has 326 valence electrons. The van der Waals surface area contributed by atoms with E-state index in [1.165, 1.54) is 116 Å². The van der Waals surface area contributed by atoms with Crippen LogP contribution in [0.4, 0.5) is 0 Å². The molecule has 0 radical (unpaired) electrons. The van der Waals surface area contributed by atoms with Crippen molar-refractivity contribution >= 4 is 76.8 Å². The summed E-state index contributed by atoms with van der Waals surface area (Å²) in [5.41, 5.74) is 20.2. The normalized spacial score (nSPS) is 15.0. The summed E-state index contributed by atoms with van der Waals surface area (Å²) in [7, 11) is 0. The highest BCUT2D eigenvalue weighted by Crippen LogP contribution is 2.44. The third kappa shape index (κ3) is 6.49. The van der Waals surface area contributed by atoms with E-state index in [0.717, 1.165) is 30.4 Å². The van der Waals surface area contributed by atoms with Crippen molar-refractivity contribution in [2.24, 2.45) is 0 Å². The van der Waals surface area contributed by atoms with Gasteiger partial charge in [-0.1, -0.05) is 164 Å². The predicted octanol–water partition coefficient (Wildman–Crippen LogP) is 18.1. The van der Waals surface area contributed by atoms with Crippen LogP contribution in [0.15, 0.2) is 241 Å². The van der Waals surface area contributed by atoms with Crippen LogP contribution in [0.5, 0.6) is 0 Å². The molecule has 0 saturated carbocycles. The quantitative estimate of drug-likeness (QED) is 0.156. The molecule has 0 fully saturated rings. The van der Waals surface area contributed by atoms with E-state index >= 15 is 0 Å². The van der Waals surface area contributed by atoms with E-state index < -0.39 is 0 Å². The van der Waals surface area contributed by atoms with Crippen LogP contribution in [0.3, 0.4) is 0 Å². The number of aromatic nitrogens is 2. The summed E-state index contributed by atoms with van der Waals surface area (Å²) in [4.78, 5) is 0. The number of allylic oxidation sites excluding steroid dienone is 8. The first-order chi connectivity index (χ1) is 34.2. The van der Waals surface area contributed by atoms with Gasteiger partial charge in [0.1, 0.15) is 11.2 Å². The minimum Gasteiger partial charge on any atom is -0.456 e. The molecular formula is C66H46N2O. The molecule has 0 amide bonds. The van der Waals surface area contributed by atoms with Gasteiger partial charge in [0.05, 0.1) is 27.8 Å². The molecule has 0 N–H and O–H groups in total. The Morgan fingerprint density at radius 2 is 1.09 bits per heavy atom. The number of furan rings is 1. The molecule has 3 heterocycles. The Morgan fingerprint density at radius 3 is 1.88 bits per heavy atom. The number of benzene rings is 9. The number of hydrogen-bond acceptors (Lipinski definition) is 1. The van der Waals surface area contributed by atoms with Gasteiger partial charge in [-0.3, -0.25) is 0 Å². The zero-order chi connectivity index (χ0) is 45.4. The second-order valence-electron chi connectivity index (χ2n) is 18.6. The van der Waals surface area contributed by atoms with Crippen LogP contribution < -0.4 is 0 Å². The van der Waals surface area contributed by atoms with Gasteiger partial charge in [0.25, 0.3) is 0 Å². The summed E-state index contributed by atoms with van der Waals surface area (Å²) in [6.45, 7) is 0. The maximum Gasteiger partial charge on any atom is 0.135 e. The molecule has 12 aromatic rings. The lowest BCUT2D eigenvalue weighted by atomic mass is 9.90. The molecule has 9 aromatic carbocycles. The summed E-state index contributed by atoms with van der Waals surface area (Å²) < 4.78 is 11.1. The Kier molecular flexibility index (Phi) is 9.16. The van der Waals surface area contributed by atoms with Crippen molar-refractivity contribution in [3.05, 3.63) is 248 Å². The van der Waals surface area contributed by atoms with Crippen molar-refractivity contribution < 1.29 is 4.42 Å². The van der Waals surface area contributed by atoms with E-state index in [1.807, 2.05) is 6.07 Å². The van der Waals surface area contributed by atoms with Crippen molar-refractivity contribution in [2.45, 2.75) is 25.2 Å². The van der Waals surface area contributed by atoms with E-state index in [-0.39, 0.29) is 5.92 Å². The maximum atomic E-state index is 6.17. The number of para-hydroxylation sites is 2. The van der Waals surface area contributed by atoms with Gasteiger partial charge in [-0.15, -0.1) is 0 Å². The average Bonchev–Trinajstić information content (AvgIpc) is 4.08. The second kappa shape index (κ2) is 16.0. The van der Waals surface area contributed by atoms with Crippen molar-refractivity contribution in [3.63, 3.8) is 0 Å². The van der Waals surface area contributed by atoms with E-state index in [4.69, 9.17) is 4.42 Å². The first kappa shape index (κ1) is 39.5. The molecule has 0 bridgehead atoms. The van der Waals surface area contributed by atoms with E-state index in [0.29, 0.717) is 0 Å². The molecular weight excluding hydrogens is 837 g/mol. The fraction of sp³-hybridized carbons (Fsp3) is 0.0606. The number of rotatable bonds is 7. The fourth-order valence-electron chi connectivity index (χ4n) is 11.4. The summed E-state index contributed by atoms with van der Waals surface area (Å²) in [5, 5.41) is 7.35. The lowest BCUT2D eigenvalue weighted by Crippen LogP contribution is -2.03. The van der Waals surface area contributed by atoms with Crippen LogP contribution in [-0.2, 0) is 0 Å². The highest BCUT2D eigenvalue weighted by Gasteiger charge is 2.22. The Labute approximate surface area is 400 Å². The van der Waals surface area contributed by atoms with Gasteiger partial charge in [0.2, 0.25) is 0 Å². The summed E-state index contributed by atoms with van der Waals surface area (Å²) >= 11 is 0. The van der Waals surface area contributed by atoms with Gasteiger partial charge in [0.15, 0.2) is 0 Å². The van der Waals surface area contributed by atoms with Crippen LogP contribution in [0.2, 0.25) is 0 Å². The van der Waals surface area contributed by atoms with Crippen molar-refractivity contribution in [1.29, 1.82) is 0 Å². The topological polar surface area (TPSA) is 23.0 Å². The van der Waals surface area contributed by atoms with Crippen LogP contribution in [0, 0.1) is 0 Å². The van der Waals surface area contributed by atoms with E-state index in [9.17, 15) is 0 Å². The van der Waals surface area contributed by atoms with Crippen molar-refractivity contribution in [3.8, 4) is 39.1 Å². The zero-order valence-corrected chi connectivity index (χ0v) is 38.0. The van der Waals surface area contributed by atoms with Crippen LogP contribution >= 0.6 is 0 Å². The van der Waals surface area contributed by atoms with Gasteiger partial charge in [0, 0.05) is 49.5 Å². The van der Waals surface area contributed by atoms with Gasteiger partial charge >= 0.3 is 0 Å². The third-order valence-electron chi connectivity index (χ3n) is 14.7. The summed E-state index contributed by atoms with van der Waals surface area (Å²) in [6, 6.07) is 73.5. The first-order valence-corrected chi connectivity index (χ1v) is 24.2. The monoisotopic (exact) mass is 882 g/mol. The molecule has 1 unspecified atom stereocenters. The van der Waals surface area contributed by atoms with Gasteiger partial charge in [-0.2, -0.15) is 0 Å². The maximum absolute atomic E-state index is 6.17. The molecule has 3 nitrogen and oxygen atoms in total. The SMILES string of the molecule is C1=CC(c2cc(-c3ccccc3)ccc2-n2c3ccccc3c3cc(-c4ccc5c(c4)c4c(-c6ccccc6)cccc4n5C4=CCC(c5ccc6oc7ccccc7c6c5)C=C4)ccc32)=CCC1. The molecule has 1 atom stereocenters. The predicted molar refractivity (Wildman–Crippen MR) is 291 cm³/mol. The lowest BCUT2D eigenvalue weighted by Gasteiger charge is -2.19. The summed E-state index contributed by atoms with van der Waals surface area (Å²) in [5.74, 6) is 0.272. The fourth-order valence-corrected chi connectivity index (χ4v) is 11.4. The lowest BCUT2D eigenvalue weighted by molar-refractivity contribution is 0.668. The summed E-state index contributed by atoms with van der Waals surface area (Å²) in [6.07, 6.45) is 17.2. The van der Waals surface area contributed by atoms with Crippen LogP contribution in [0.25, 0.3) is 116 Å². The second-order valence-corrected chi connectivity index (χ2v) is 18.6. The molecule has 0 spiro atoms. The Bertz CT molecular complexity index is 4150. The molecule has 0 saturated heterocycles. The largest absolute Gasteiger partial charge is 0.456 e. The van der Waals surface area contributed by atoms with Crippen molar-refractivity contribution in [1.82, 2.24) is 9.13 Å². The molecule has 3 aromatic heterocycles. The number of hydrogen-bond donors (Lipinski definition) is 0. The third-order valence-corrected chi connectivity index (χ3v) is 14.7. The smallest absolute Gasteiger partial charge is 0.135 e. The van der Waals surface area contributed by atoms with Gasteiger partial charge in [-0.05, 0) is 137 Å². The first-order valence-electron chi connectivity index (χ1n) is 24.2. The zero-order valence-electron chi connectivity index (χ0n) is 38.0. The molecule has 69 heavy (non-hydrogen) atoms. The minimum atomic E-state index is 0.272. The molecule has 3 heteroatoms. The molecule has 2 aliphatic rings. The molecule has 0 aliphatic heterocycles. The minimum absolute atomic E-state index is 0.272. The highest BCUT2D eigenvalue weighted by molar-refractivity contribution is 6.18. The Balaban J connectivity index is 0.898. The van der Waals surface area contributed by atoms with Crippen LogP contribution in [0.1, 0.15) is 36.3 Å². The molecule has 2 aliphatic carbocycles. The van der Waals surface area contributed by atoms with E-state index in [1.54, 1.807) is 0 Å². The average molecular weight is 883 g/mol. The van der Waals surface area contributed by atoms with Gasteiger partial charge in [-0.25, -0.2) is 0 Å². The standard InChI is InChI=1S/C66H46N2O/c1-4-15-43(16-5-1)47-29-35-60(55(39-47)46-19-8-3-9-20-46)68-59-24-12-10-21-53(59)56-40-49(30-36-61(56)68)50-31-37-62-58(42-50)66-52(45-17-6-2-7-18-45)23-14-25-63(66)67(62)51-33-27-44(28-34-51)48-32-38-65-57(41-48)54-22-11-13-26-64(54)69-65/h1-2,4-8,10-27,29-42,44H,3,9,28H2. The number of fused-ring (bicyclic) bond motifs is 9. The van der Waals surface area contributed by atoms with E-state index in [2.05, 4.69) is 240 Å². The van der Waals surface area contributed by atoms with Gasteiger partial charge < -0.3 is 13.6 Å². The molecule has 14 rings (SSSR count).